The quantitative estimate of drug-likeness (QED) is 0.285. The van der Waals surface area contributed by atoms with Gasteiger partial charge in [-0.3, -0.25) is 14.5 Å². The van der Waals surface area contributed by atoms with Crippen LogP contribution in [0.3, 0.4) is 0 Å². The maximum absolute atomic E-state index is 13.1. The summed E-state index contributed by atoms with van der Waals surface area (Å²) in [5, 5.41) is 6.40. The number of nitrogens with one attached hydrogen (secondary N) is 2. The molecule has 0 aromatic heterocycles. The van der Waals surface area contributed by atoms with Crippen molar-refractivity contribution in [2.75, 3.05) is 33.7 Å². The molecule has 1 aliphatic heterocycles. The largest absolute Gasteiger partial charge is 0.385 e. The highest BCUT2D eigenvalue weighted by Gasteiger charge is 2.32. The summed E-state index contributed by atoms with van der Waals surface area (Å²) >= 11 is 0. The number of carbonyl (C=O) groups excluding carboxylic acids is 2. The topological polar surface area (TPSA) is 64.7 Å². The molecular weight excluding hydrogens is 424 g/mol. The van der Waals surface area contributed by atoms with E-state index >= 15 is 0 Å². The van der Waals surface area contributed by atoms with E-state index in [1.807, 2.05) is 33.9 Å². The Kier molecular flexibility index (Phi) is 17.5. The Morgan fingerprint density at radius 3 is 2.35 bits per heavy atom. The number of nitrogens with zero attached hydrogens (tertiary/aromatic N) is 2. The van der Waals surface area contributed by atoms with Crippen LogP contribution in [-0.4, -0.2) is 67.4 Å². The van der Waals surface area contributed by atoms with E-state index in [0.717, 1.165) is 50.0 Å². The van der Waals surface area contributed by atoms with Gasteiger partial charge in [0, 0.05) is 25.8 Å². The fraction of sp³-hybridized carbons (Fsp3) is 0.786. The standard InChI is InChI=1S/C25H46N4O2.C3H8/c1-8-9-10-12-16-26-21(5)20(4)15-18-29(7)25(31)23(19(2)3)27-24(30)22-14-11-13-17-28(22)6;1-3-2/h15,19,22-23,26H,5,8-14,16-18H2,1-4,6-7H3,(H,27,30);3H2,1-2H3/b20-15+;. The van der Waals surface area contributed by atoms with Gasteiger partial charge in [-0.15, -0.1) is 0 Å². The van der Waals surface area contributed by atoms with Gasteiger partial charge in [0.25, 0.3) is 0 Å². The lowest BCUT2D eigenvalue weighted by Gasteiger charge is -2.34. The predicted molar refractivity (Wildman–Crippen MR) is 146 cm³/mol. The lowest BCUT2D eigenvalue weighted by molar-refractivity contribution is -0.138. The molecule has 0 aromatic rings. The first-order chi connectivity index (χ1) is 16.1. The van der Waals surface area contributed by atoms with Crippen molar-refractivity contribution >= 4 is 11.8 Å². The van der Waals surface area contributed by atoms with Crippen LogP contribution in [0.2, 0.25) is 0 Å². The maximum Gasteiger partial charge on any atom is 0.245 e. The molecule has 6 nitrogen and oxygen atoms in total. The molecule has 34 heavy (non-hydrogen) atoms. The van der Waals surface area contributed by atoms with Gasteiger partial charge in [0.15, 0.2) is 0 Å². The third-order valence-electron chi connectivity index (χ3n) is 6.20. The first kappa shape index (κ1) is 32.2. The average Bonchev–Trinajstić information content (AvgIpc) is 2.80. The minimum atomic E-state index is -0.513. The number of amides is 2. The summed E-state index contributed by atoms with van der Waals surface area (Å²) in [6.07, 6.45) is 11.2. The summed E-state index contributed by atoms with van der Waals surface area (Å²) in [5.41, 5.74) is 1.95. The highest BCUT2D eigenvalue weighted by molar-refractivity contribution is 5.90. The number of hydrogen-bond donors (Lipinski definition) is 2. The van der Waals surface area contributed by atoms with E-state index in [2.05, 4.69) is 42.9 Å². The van der Waals surface area contributed by atoms with Crippen LogP contribution in [0.4, 0.5) is 0 Å². The molecule has 0 radical (unpaired) electrons. The Balaban J connectivity index is 0.00000343. The van der Waals surface area contributed by atoms with E-state index in [1.165, 1.54) is 25.7 Å². The van der Waals surface area contributed by atoms with Crippen LogP contribution in [-0.2, 0) is 9.59 Å². The summed E-state index contributed by atoms with van der Waals surface area (Å²) in [5.74, 6) is -0.0587. The zero-order valence-electron chi connectivity index (χ0n) is 23.5. The molecule has 198 valence electrons. The molecule has 1 fully saturated rings. The zero-order valence-corrected chi connectivity index (χ0v) is 23.5. The fourth-order valence-corrected chi connectivity index (χ4v) is 3.82. The Hall–Kier alpha value is -1.82. The third kappa shape index (κ3) is 12.6. The summed E-state index contributed by atoms with van der Waals surface area (Å²) < 4.78 is 0. The summed E-state index contributed by atoms with van der Waals surface area (Å²) in [7, 11) is 3.78. The second-order valence-electron chi connectivity index (χ2n) is 10.0. The van der Waals surface area contributed by atoms with Crippen molar-refractivity contribution < 1.29 is 9.59 Å². The Morgan fingerprint density at radius 1 is 1.15 bits per heavy atom. The lowest BCUT2D eigenvalue weighted by atomic mass is 9.99. The molecule has 0 aliphatic carbocycles. The monoisotopic (exact) mass is 478 g/mol. The first-order valence-corrected chi connectivity index (χ1v) is 13.5. The van der Waals surface area contributed by atoms with Gasteiger partial charge in [-0.05, 0) is 51.3 Å². The Bertz CT molecular complexity index is 630. The van der Waals surface area contributed by atoms with Crippen LogP contribution in [0, 0.1) is 5.92 Å². The normalized spacial score (nSPS) is 17.4. The van der Waals surface area contributed by atoms with Crippen molar-refractivity contribution in [1.82, 2.24) is 20.4 Å². The van der Waals surface area contributed by atoms with Crippen LogP contribution in [0.15, 0.2) is 23.9 Å². The van der Waals surface area contributed by atoms with Crippen molar-refractivity contribution in [3.8, 4) is 0 Å². The van der Waals surface area contributed by atoms with Crippen molar-refractivity contribution in [3.63, 3.8) is 0 Å². The SMILES string of the molecule is C=C(NCCCCCC)/C(C)=C/CN(C)C(=O)C(NC(=O)C1CCCCN1C)C(C)C.CCC. The molecule has 0 bridgehead atoms. The molecule has 1 rings (SSSR count). The third-order valence-corrected chi connectivity index (χ3v) is 6.20. The van der Waals surface area contributed by atoms with Crippen LogP contribution in [0.25, 0.3) is 0 Å². The van der Waals surface area contributed by atoms with E-state index in [1.54, 1.807) is 11.9 Å². The molecule has 6 heteroatoms. The van der Waals surface area contributed by atoms with E-state index in [-0.39, 0.29) is 23.8 Å². The number of likely N-dealkylation sites (tertiary alicyclic amines) is 1. The Labute approximate surface area is 210 Å². The second-order valence-corrected chi connectivity index (χ2v) is 10.0. The molecule has 0 saturated carbocycles. The molecule has 0 spiro atoms. The van der Waals surface area contributed by atoms with Gasteiger partial charge in [0.2, 0.25) is 11.8 Å². The van der Waals surface area contributed by atoms with Gasteiger partial charge < -0.3 is 15.5 Å². The highest BCUT2D eigenvalue weighted by atomic mass is 16.2. The van der Waals surface area contributed by atoms with Gasteiger partial charge in [-0.25, -0.2) is 0 Å². The predicted octanol–water partition coefficient (Wildman–Crippen LogP) is 5.12. The summed E-state index contributed by atoms with van der Waals surface area (Å²) in [6, 6.07) is -0.650. The summed E-state index contributed by atoms with van der Waals surface area (Å²) in [6.45, 7) is 18.9. The van der Waals surface area contributed by atoms with Gasteiger partial charge in [-0.2, -0.15) is 0 Å². The van der Waals surface area contributed by atoms with Crippen LogP contribution in [0.5, 0.6) is 0 Å². The molecule has 2 atom stereocenters. The molecule has 1 heterocycles. The zero-order chi connectivity index (χ0) is 26.1. The number of allylic oxidation sites excluding steroid dienone is 1. The number of rotatable bonds is 13. The number of piperidine rings is 1. The number of hydrogen-bond acceptors (Lipinski definition) is 4. The van der Waals surface area contributed by atoms with E-state index in [0.29, 0.717) is 6.54 Å². The number of carbonyl (C=O) groups is 2. The molecule has 2 amide bonds. The van der Waals surface area contributed by atoms with Crippen molar-refractivity contribution in [2.24, 2.45) is 5.92 Å². The fourth-order valence-electron chi connectivity index (χ4n) is 3.82. The minimum absolute atomic E-state index is 0.0256. The summed E-state index contributed by atoms with van der Waals surface area (Å²) in [4.78, 5) is 29.7. The lowest BCUT2D eigenvalue weighted by Crippen LogP contribution is -2.56. The van der Waals surface area contributed by atoms with Gasteiger partial charge in [0.1, 0.15) is 6.04 Å². The molecule has 1 aliphatic rings. The first-order valence-electron chi connectivity index (χ1n) is 13.5. The molecule has 2 unspecified atom stereocenters. The second kappa shape index (κ2) is 18.5. The van der Waals surface area contributed by atoms with Crippen molar-refractivity contribution in [1.29, 1.82) is 0 Å². The van der Waals surface area contributed by atoms with Crippen LogP contribution < -0.4 is 10.6 Å². The highest BCUT2D eigenvalue weighted by Crippen LogP contribution is 2.16. The Morgan fingerprint density at radius 2 is 1.79 bits per heavy atom. The molecule has 1 saturated heterocycles. The molecule has 2 N–H and O–H groups in total. The minimum Gasteiger partial charge on any atom is -0.385 e. The number of unbranched alkanes of at least 4 members (excludes halogenated alkanes) is 3. The van der Waals surface area contributed by atoms with Crippen molar-refractivity contribution in [2.45, 2.75) is 105 Å². The van der Waals surface area contributed by atoms with Gasteiger partial charge >= 0.3 is 0 Å². The van der Waals surface area contributed by atoms with E-state index in [9.17, 15) is 9.59 Å². The van der Waals surface area contributed by atoms with Crippen molar-refractivity contribution in [3.05, 3.63) is 23.9 Å². The van der Waals surface area contributed by atoms with E-state index < -0.39 is 6.04 Å². The average molecular weight is 479 g/mol. The van der Waals surface area contributed by atoms with Crippen LogP contribution >= 0.6 is 0 Å². The number of likely N-dealkylation sites (N-methyl/N-ethyl adjacent to an activating group) is 2. The molecule has 0 aromatic carbocycles. The smallest absolute Gasteiger partial charge is 0.245 e. The van der Waals surface area contributed by atoms with Gasteiger partial charge in [0.05, 0.1) is 6.04 Å². The van der Waals surface area contributed by atoms with E-state index in [4.69, 9.17) is 0 Å². The molecular formula is C28H54N4O2. The maximum atomic E-state index is 13.1. The van der Waals surface area contributed by atoms with Crippen LogP contribution in [0.1, 0.15) is 92.9 Å². The van der Waals surface area contributed by atoms with Gasteiger partial charge in [-0.1, -0.05) is 79.4 Å².